The minimum Gasteiger partial charge on any atom is -0.454 e. The average Bonchev–Trinajstić information content (AvgIpc) is 2.89. The van der Waals surface area contributed by atoms with E-state index in [0.29, 0.717) is 22.6 Å². The molecule has 6 nitrogen and oxygen atoms in total. The fourth-order valence-electron chi connectivity index (χ4n) is 1.97. The summed E-state index contributed by atoms with van der Waals surface area (Å²) >= 11 is 6.07. The van der Waals surface area contributed by atoms with Crippen molar-refractivity contribution in [1.82, 2.24) is 4.98 Å². The highest BCUT2D eigenvalue weighted by Crippen LogP contribution is 2.36. The molecule has 7 heteroatoms. The molecule has 0 spiro atoms. The number of carbonyl (C=O) groups is 1. The van der Waals surface area contributed by atoms with E-state index in [1.165, 1.54) is 6.08 Å². The molecule has 2 heterocycles. The SMILES string of the molecule is N#C/C(=C\c1cc2cc3c(cc2nc1Cl)OCO3)C(N)=O. The second-order valence-corrected chi connectivity index (χ2v) is 4.66. The minimum atomic E-state index is -0.820. The first-order valence-electron chi connectivity index (χ1n) is 5.90. The lowest BCUT2D eigenvalue weighted by Crippen LogP contribution is -2.12. The molecule has 2 N–H and O–H groups in total. The number of nitrogens with two attached hydrogens (primary N) is 1. The van der Waals surface area contributed by atoms with Gasteiger partial charge < -0.3 is 15.2 Å². The average molecular weight is 302 g/mol. The topological polar surface area (TPSA) is 98.2 Å². The van der Waals surface area contributed by atoms with Crippen LogP contribution in [0.15, 0.2) is 23.8 Å². The van der Waals surface area contributed by atoms with Gasteiger partial charge in [-0.05, 0) is 18.2 Å². The third-order valence-electron chi connectivity index (χ3n) is 2.98. The van der Waals surface area contributed by atoms with Gasteiger partial charge in [0.1, 0.15) is 16.8 Å². The molecular formula is C14H8ClN3O3. The van der Waals surface area contributed by atoms with Gasteiger partial charge in [-0.25, -0.2) is 4.98 Å². The van der Waals surface area contributed by atoms with Crippen LogP contribution in [-0.4, -0.2) is 17.7 Å². The molecular weight excluding hydrogens is 294 g/mol. The maximum Gasteiger partial charge on any atom is 0.259 e. The van der Waals surface area contributed by atoms with E-state index < -0.39 is 5.91 Å². The molecule has 0 fully saturated rings. The van der Waals surface area contributed by atoms with Crippen molar-refractivity contribution in [1.29, 1.82) is 5.26 Å². The first-order chi connectivity index (χ1) is 10.1. The lowest BCUT2D eigenvalue weighted by molar-refractivity contribution is -0.114. The number of nitrogens with zero attached hydrogens (tertiary/aromatic N) is 2. The highest BCUT2D eigenvalue weighted by Gasteiger charge is 2.16. The summed E-state index contributed by atoms with van der Waals surface area (Å²) < 4.78 is 10.6. The Bertz CT molecular complexity index is 839. The molecule has 3 rings (SSSR count). The van der Waals surface area contributed by atoms with Crippen molar-refractivity contribution in [3.8, 4) is 17.6 Å². The molecule has 104 valence electrons. The third-order valence-corrected chi connectivity index (χ3v) is 3.28. The van der Waals surface area contributed by atoms with Crippen LogP contribution in [0.2, 0.25) is 5.15 Å². The van der Waals surface area contributed by atoms with Gasteiger partial charge in [0, 0.05) is 17.0 Å². The molecule has 0 radical (unpaired) electrons. The number of primary amides is 1. The molecule has 1 aromatic carbocycles. The molecule has 1 amide bonds. The van der Waals surface area contributed by atoms with E-state index in [9.17, 15) is 4.79 Å². The summed E-state index contributed by atoms with van der Waals surface area (Å²) in [6.07, 6.45) is 1.31. The van der Waals surface area contributed by atoms with Crippen LogP contribution in [0, 0.1) is 11.3 Å². The van der Waals surface area contributed by atoms with Gasteiger partial charge in [0.25, 0.3) is 5.91 Å². The van der Waals surface area contributed by atoms with Crippen LogP contribution in [0.5, 0.6) is 11.5 Å². The van der Waals surface area contributed by atoms with Crippen LogP contribution >= 0.6 is 11.6 Å². The summed E-state index contributed by atoms with van der Waals surface area (Å²) in [5, 5.41) is 9.78. The lowest BCUT2D eigenvalue weighted by atomic mass is 10.1. The van der Waals surface area contributed by atoms with E-state index in [1.807, 2.05) is 0 Å². The van der Waals surface area contributed by atoms with Crippen LogP contribution in [0.25, 0.3) is 17.0 Å². The number of pyridine rings is 1. The number of amides is 1. The number of hydrogen-bond donors (Lipinski definition) is 1. The first kappa shape index (κ1) is 13.2. The summed E-state index contributed by atoms with van der Waals surface area (Å²) in [6.45, 7) is 0.159. The van der Waals surface area contributed by atoms with Crippen molar-refractivity contribution in [2.45, 2.75) is 0 Å². The molecule has 2 aromatic rings. The minimum absolute atomic E-state index is 0.159. The Morgan fingerprint density at radius 3 is 2.76 bits per heavy atom. The molecule has 1 aliphatic heterocycles. The number of aromatic nitrogens is 1. The van der Waals surface area contributed by atoms with Crippen molar-refractivity contribution in [3.05, 3.63) is 34.5 Å². The van der Waals surface area contributed by atoms with Crippen molar-refractivity contribution >= 4 is 34.5 Å². The highest BCUT2D eigenvalue weighted by atomic mass is 35.5. The predicted molar refractivity (Wildman–Crippen MR) is 75.7 cm³/mol. The van der Waals surface area contributed by atoms with E-state index in [2.05, 4.69) is 4.98 Å². The number of benzene rings is 1. The Morgan fingerprint density at radius 2 is 2.10 bits per heavy atom. The number of ether oxygens (including phenoxy) is 2. The van der Waals surface area contributed by atoms with Crippen LogP contribution in [-0.2, 0) is 4.79 Å². The van der Waals surface area contributed by atoms with Gasteiger partial charge in [0.15, 0.2) is 11.5 Å². The lowest BCUT2D eigenvalue weighted by Gasteiger charge is -2.04. The summed E-state index contributed by atoms with van der Waals surface area (Å²) in [5.41, 5.74) is 5.96. The quantitative estimate of drug-likeness (QED) is 0.520. The largest absolute Gasteiger partial charge is 0.454 e. The molecule has 1 aliphatic rings. The molecule has 1 aromatic heterocycles. The first-order valence-corrected chi connectivity index (χ1v) is 6.28. The standard InChI is InChI=1S/C14H8ClN3O3/c15-13-8(2-9(5-16)14(17)19)1-7-3-11-12(21-6-20-11)4-10(7)18-13/h1-4H,6H2,(H2,17,19)/b9-2+. The molecule has 0 unspecified atom stereocenters. The summed E-state index contributed by atoms with van der Waals surface area (Å²) in [6, 6.07) is 6.90. The van der Waals surface area contributed by atoms with Gasteiger partial charge in [0.05, 0.1) is 5.52 Å². The van der Waals surface area contributed by atoms with Crippen LogP contribution < -0.4 is 15.2 Å². The monoisotopic (exact) mass is 301 g/mol. The van der Waals surface area contributed by atoms with Gasteiger partial charge in [-0.3, -0.25) is 4.79 Å². The zero-order valence-electron chi connectivity index (χ0n) is 10.6. The van der Waals surface area contributed by atoms with Gasteiger partial charge >= 0.3 is 0 Å². The van der Waals surface area contributed by atoms with Crippen molar-refractivity contribution in [2.75, 3.05) is 6.79 Å². The molecule has 0 atom stereocenters. The number of hydrogen-bond acceptors (Lipinski definition) is 5. The molecule has 0 saturated carbocycles. The third kappa shape index (κ3) is 2.35. The zero-order valence-corrected chi connectivity index (χ0v) is 11.3. The van der Waals surface area contributed by atoms with Gasteiger partial charge in [-0.1, -0.05) is 11.6 Å². The molecule has 0 saturated heterocycles. The molecule has 0 bridgehead atoms. The predicted octanol–water partition coefficient (Wildman–Crippen LogP) is 2.01. The Balaban J connectivity index is 2.17. The number of fused-ring (bicyclic) bond motifs is 2. The van der Waals surface area contributed by atoms with Crippen LogP contribution in [0.3, 0.4) is 0 Å². The fourth-order valence-corrected chi connectivity index (χ4v) is 2.17. The van der Waals surface area contributed by atoms with Crippen molar-refractivity contribution in [3.63, 3.8) is 0 Å². The smallest absolute Gasteiger partial charge is 0.259 e. The Morgan fingerprint density at radius 1 is 1.38 bits per heavy atom. The Kier molecular flexibility index (Phi) is 3.12. The van der Waals surface area contributed by atoms with Crippen LogP contribution in [0.4, 0.5) is 0 Å². The Hall–Kier alpha value is -2.78. The number of rotatable bonds is 2. The number of nitriles is 1. The molecule has 0 aliphatic carbocycles. The maximum absolute atomic E-state index is 11.1. The Labute approximate surface area is 124 Å². The maximum atomic E-state index is 11.1. The molecule has 21 heavy (non-hydrogen) atoms. The number of halogens is 1. The second kappa shape index (κ2) is 4.96. The summed E-state index contributed by atoms with van der Waals surface area (Å²) in [7, 11) is 0. The normalized spacial score (nSPS) is 13.2. The van der Waals surface area contributed by atoms with E-state index in [4.69, 9.17) is 32.1 Å². The van der Waals surface area contributed by atoms with Crippen molar-refractivity contribution in [2.24, 2.45) is 5.73 Å². The zero-order chi connectivity index (χ0) is 15.0. The fraction of sp³-hybridized carbons (Fsp3) is 0.0714. The van der Waals surface area contributed by atoms with Gasteiger partial charge in [-0.2, -0.15) is 5.26 Å². The second-order valence-electron chi connectivity index (χ2n) is 4.30. The highest BCUT2D eigenvalue weighted by molar-refractivity contribution is 6.31. The van der Waals surface area contributed by atoms with E-state index in [1.54, 1.807) is 24.3 Å². The number of carbonyl (C=O) groups excluding carboxylic acids is 1. The van der Waals surface area contributed by atoms with E-state index >= 15 is 0 Å². The van der Waals surface area contributed by atoms with Crippen molar-refractivity contribution < 1.29 is 14.3 Å². The van der Waals surface area contributed by atoms with E-state index in [-0.39, 0.29) is 17.5 Å². The summed E-state index contributed by atoms with van der Waals surface area (Å²) in [5.74, 6) is 0.389. The van der Waals surface area contributed by atoms with E-state index in [0.717, 1.165) is 5.39 Å². The van der Waals surface area contributed by atoms with Gasteiger partial charge in [-0.15, -0.1) is 0 Å². The summed E-state index contributed by atoms with van der Waals surface area (Å²) in [4.78, 5) is 15.3. The van der Waals surface area contributed by atoms with Gasteiger partial charge in [0.2, 0.25) is 6.79 Å². The van der Waals surface area contributed by atoms with Crippen LogP contribution in [0.1, 0.15) is 5.56 Å².